The van der Waals surface area contributed by atoms with Crippen LogP contribution in [0.3, 0.4) is 0 Å². The van der Waals surface area contributed by atoms with Crippen LogP contribution in [0.5, 0.6) is 5.75 Å². The van der Waals surface area contributed by atoms with E-state index in [-0.39, 0.29) is 45.8 Å². The molecule has 0 fully saturated rings. The molecule has 0 unspecified atom stereocenters. The number of aromatic amines is 2. The highest BCUT2D eigenvalue weighted by molar-refractivity contribution is 6.11. The molecule has 5 aromatic rings. The van der Waals surface area contributed by atoms with E-state index in [4.69, 9.17) is 4.74 Å². The quantitative estimate of drug-likeness (QED) is 0.340. The molecule has 176 valence electrons. The summed E-state index contributed by atoms with van der Waals surface area (Å²) in [7, 11) is 0. The van der Waals surface area contributed by atoms with Gasteiger partial charge in [0, 0.05) is 22.9 Å². The van der Waals surface area contributed by atoms with Gasteiger partial charge in [0.25, 0.3) is 5.56 Å². The summed E-state index contributed by atoms with van der Waals surface area (Å²) in [6.07, 6.45) is 3.81. The van der Waals surface area contributed by atoms with E-state index in [2.05, 4.69) is 19.9 Å². The highest BCUT2D eigenvalue weighted by Crippen LogP contribution is 2.44. The van der Waals surface area contributed by atoms with Crippen molar-refractivity contribution in [3.63, 3.8) is 0 Å². The number of benzene rings is 1. The number of nitrogens with zero attached hydrogens (tertiary/aromatic N) is 3. The predicted molar refractivity (Wildman–Crippen MR) is 122 cm³/mol. The molecule has 11 heteroatoms. The van der Waals surface area contributed by atoms with E-state index in [1.165, 1.54) is 35.3 Å². The third kappa shape index (κ3) is 3.19. The number of fused-ring (bicyclic) bond motifs is 4. The molecule has 6 rings (SSSR count). The number of H-pyrrole nitrogens is 2. The van der Waals surface area contributed by atoms with Gasteiger partial charge in [-0.2, -0.15) is 9.37 Å². The summed E-state index contributed by atoms with van der Waals surface area (Å²) in [6.45, 7) is 0.0354. The average Bonchev–Trinajstić information content (AvgIpc) is 3.42. The number of carbonyl (C=O) groups is 1. The van der Waals surface area contributed by atoms with Crippen molar-refractivity contribution < 1.29 is 23.4 Å². The van der Waals surface area contributed by atoms with Crippen molar-refractivity contribution in [3.8, 4) is 16.9 Å². The lowest BCUT2D eigenvalue weighted by Gasteiger charge is -2.19. The van der Waals surface area contributed by atoms with Crippen LogP contribution in [0, 0.1) is 11.8 Å². The van der Waals surface area contributed by atoms with Crippen LogP contribution >= 0.6 is 0 Å². The first-order valence-corrected chi connectivity index (χ1v) is 10.8. The summed E-state index contributed by atoms with van der Waals surface area (Å²) in [5, 5.41) is 10.6. The number of aromatic carboxylic acids is 1. The first-order valence-electron chi connectivity index (χ1n) is 10.8. The molecular weight excluding hydrogens is 460 g/mol. The van der Waals surface area contributed by atoms with Crippen LogP contribution in [0.1, 0.15) is 28.0 Å². The molecule has 1 aliphatic heterocycles. The van der Waals surface area contributed by atoms with Gasteiger partial charge in [0.2, 0.25) is 5.95 Å². The summed E-state index contributed by atoms with van der Waals surface area (Å²) < 4.78 is 37.2. The minimum atomic E-state index is -1.36. The van der Waals surface area contributed by atoms with Gasteiger partial charge in [-0.25, -0.2) is 14.2 Å². The van der Waals surface area contributed by atoms with E-state index in [1.54, 1.807) is 6.07 Å². The topological polar surface area (TPSA) is 126 Å². The van der Waals surface area contributed by atoms with Crippen molar-refractivity contribution in [1.29, 1.82) is 0 Å². The molecule has 0 spiro atoms. The molecule has 1 aliphatic rings. The third-order valence-corrected chi connectivity index (χ3v) is 6.23. The number of carboxylic acids is 1. The number of pyridine rings is 2. The van der Waals surface area contributed by atoms with Gasteiger partial charge >= 0.3 is 5.97 Å². The van der Waals surface area contributed by atoms with Crippen molar-refractivity contribution >= 4 is 28.0 Å². The van der Waals surface area contributed by atoms with Crippen LogP contribution < -0.4 is 10.3 Å². The fraction of sp³-hybridized carbons (Fsp3) is 0.167. The number of rotatable bonds is 4. The highest BCUT2D eigenvalue weighted by Gasteiger charge is 2.31. The number of aromatic nitrogens is 5. The standard InChI is InChI=1S/C24H17F2N5O4/c25-14-8-16-18(20-12(14)4-2-6-35-20)17(13-3-1-5-27-23(13)32)19(24(33)34)31(16)9-11-7-15-22(29-10-28-15)30-21(11)26/h1,3,5,7-8,10H,2,4,6,9H2,(H,27,32)(H,33,34)(H,28,29,30). The van der Waals surface area contributed by atoms with Crippen LogP contribution in [0.4, 0.5) is 8.78 Å². The molecular formula is C24H17F2N5O4. The van der Waals surface area contributed by atoms with E-state index >= 15 is 4.39 Å². The van der Waals surface area contributed by atoms with Gasteiger partial charge in [0.1, 0.15) is 17.3 Å². The molecule has 5 heterocycles. The Labute approximate surface area is 195 Å². The zero-order chi connectivity index (χ0) is 24.3. The number of hydrogen-bond acceptors (Lipinski definition) is 5. The molecule has 1 aromatic carbocycles. The van der Waals surface area contributed by atoms with E-state index in [0.717, 1.165) is 0 Å². The van der Waals surface area contributed by atoms with Gasteiger partial charge in [-0.1, -0.05) is 0 Å². The van der Waals surface area contributed by atoms with Crippen molar-refractivity contribution in [1.82, 2.24) is 24.5 Å². The average molecular weight is 477 g/mol. The van der Waals surface area contributed by atoms with E-state index in [1.807, 2.05) is 0 Å². The third-order valence-electron chi connectivity index (χ3n) is 6.23. The van der Waals surface area contributed by atoms with Gasteiger partial charge in [-0.3, -0.25) is 4.79 Å². The van der Waals surface area contributed by atoms with E-state index in [9.17, 15) is 19.1 Å². The SMILES string of the molecule is O=C(O)c1c(-c2ccc[nH]c2=O)c2c3c(c(F)cc2n1Cc1cc2[nH]cnc2nc1F)CCCO3. The van der Waals surface area contributed by atoms with Gasteiger partial charge < -0.3 is 24.4 Å². The lowest BCUT2D eigenvalue weighted by atomic mass is 9.97. The normalized spacial score (nSPS) is 13.2. The summed E-state index contributed by atoms with van der Waals surface area (Å²) in [4.78, 5) is 38.5. The fourth-order valence-electron chi connectivity index (χ4n) is 4.74. The smallest absolute Gasteiger partial charge is 0.353 e. The summed E-state index contributed by atoms with van der Waals surface area (Å²) in [5.74, 6) is -2.55. The first-order chi connectivity index (χ1) is 16.9. The molecule has 0 aliphatic carbocycles. The van der Waals surface area contributed by atoms with E-state index < -0.39 is 23.3 Å². The Hall–Kier alpha value is -4.54. The lowest BCUT2D eigenvalue weighted by molar-refractivity contribution is 0.0687. The number of nitrogens with one attached hydrogen (secondary N) is 2. The largest absolute Gasteiger partial charge is 0.492 e. The van der Waals surface area contributed by atoms with E-state index in [0.29, 0.717) is 35.9 Å². The van der Waals surface area contributed by atoms with Crippen LogP contribution in [-0.4, -0.2) is 42.2 Å². The zero-order valence-electron chi connectivity index (χ0n) is 18.1. The van der Waals surface area contributed by atoms with Gasteiger partial charge in [0.15, 0.2) is 5.65 Å². The number of hydrogen-bond donors (Lipinski definition) is 3. The molecule has 0 saturated carbocycles. The Bertz CT molecular complexity index is 1720. The Morgan fingerprint density at radius 3 is 2.91 bits per heavy atom. The number of carboxylic acid groups (broad SMARTS) is 1. The minimum absolute atomic E-state index is 0.0636. The summed E-state index contributed by atoms with van der Waals surface area (Å²) in [6, 6.07) is 5.75. The molecule has 9 nitrogen and oxygen atoms in total. The molecule has 35 heavy (non-hydrogen) atoms. The maximum absolute atomic E-state index is 15.2. The summed E-state index contributed by atoms with van der Waals surface area (Å²) >= 11 is 0. The van der Waals surface area contributed by atoms with Crippen molar-refractivity contribution in [2.75, 3.05) is 6.61 Å². The minimum Gasteiger partial charge on any atom is -0.492 e. The highest BCUT2D eigenvalue weighted by atomic mass is 19.1. The van der Waals surface area contributed by atoms with Gasteiger partial charge in [0.05, 0.1) is 41.5 Å². The maximum Gasteiger partial charge on any atom is 0.353 e. The predicted octanol–water partition coefficient (Wildman–Crippen LogP) is 3.62. The molecule has 3 N–H and O–H groups in total. The lowest BCUT2D eigenvalue weighted by Crippen LogP contribution is -2.14. The Morgan fingerprint density at radius 2 is 2.11 bits per heavy atom. The second-order valence-electron chi connectivity index (χ2n) is 8.25. The second-order valence-corrected chi connectivity index (χ2v) is 8.25. The molecule has 4 aromatic heterocycles. The number of imidazole rings is 1. The van der Waals surface area contributed by atoms with Crippen LogP contribution in [0.2, 0.25) is 0 Å². The van der Waals surface area contributed by atoms with Gasteiger partial charge in [-0.05, 0) is 37.1 Å². The first kappa shape index (κ1) is 21.0. The van der Waals surface area contributed by atoms with Crippen molar-refractivity contribution in [3.05, 3.63) is 75.7 Å². The van der Waals surface area contributed by atoms with Crippen molar-refractivity contribution in [2.24, 2.45) is 0 Å². The van der Waals surface area contributed by atoms with Gasteiger partial charge in [-0.15, -0.1) is 0 Å². The van der Waals surface area contributed by atoms with Crippen LogP contribution in [0.15, 0.2) is 41.6 Å². The monoisotopic (exact) mass is 477 g/mol. The number of halogens is 2. The zero-order valence-corrected chi connectivity index (χ0v) is 18.1. The Balaban J connectivity index is 1.72. The molecule has 0 saturated heterocycles. The fourth-order valence-corrected chi connectivity index (χ4v) is 4.74. The Morgan fingerprint density at radius 1 is 1.26 bits per heavy atom. The number of ether oxygens (including phenoxy) is 1. The molecule has 0 radical (unpaired) electrons. The van der Waals surface area contributed by atoms with Crippen molar-refractivity contribution in [2.45, 2.75) is 19.4 Å². The summed E-state index contributed by atoms with van der Waals surface area (Å²) in [5.41, 5.74) is 0.545. The molecule has 0 bridgehead atoms. The maximum atomic E-state index is 15.2. The Kier molecular flexibility index (Phi) is 4.66. The molecule has 0 amide bonds. The molecule has 0 atom stereocenters. The van der Waals surface area contributed by atoms with Crippen LogP contribution in [0.25, 0.3) is 33.2 Å². The second kappa shape index (κ2) is 7.76. The van der Waals surface area contributed by atoms with Crippen LogP contribution in [-0.2, 0) is 13.0 Å².